The molecule has 0 saturated carbocycles. The second kappa shape index (κ2) is 5.47. The van der Waals surface area contributed by atoms with E-state index in [4.69, 9.17) is 0 Å². The summed E-state index contributed by atoms with van der Waals surface area (Å²) in [5, 5.41) is 0.939. The molecule has 21 heavy (non-hydrogen) atoms. The van der Waals surface area contributed by atoms with Crippen molar-refractivity contribution in [1.82, 2.24) is 5.32 Å². The zero-order valence-electron chi connectivity index (χ0n) is 11.1. The highest BCUT2D eigenvalue weighted by atomic mass is 19.4. The quantitative estimate of drug-likeness (QED) is 0.560. The van der Waals surface area contributed by atoms with Gasteiger partial charge in [-0.15, -0.1) is 0 Å². The average molecular weight is 337 g/mol. The van der Waals surface area contributed by atoms with Crippen LogP contribution in [0.15, 0.2) is 0 Å². The molecule has 0 bridgehead atoms. The van der Waals surface area contributed by atoms with E-state index in [0.717, 1.165) is 5.32 Å². The van der Waals surface area contributed by atoms with Crippen molar-refractivity contribution in [2.24, 2.45) is 5.92 Å². The summed E-state index contributed by atoms with van der Waals surface area (Å²) in [4.78, 5) is 0. The number of nitrogens with one attached hydrogen (secondary N) is 1. The summed E-state index contributed by atoms with van der Waals surface area (Å²) in [5.41, 5.74) is -5.48. The summed E-state index contributed by atoms with van der Waals surface area (Å²) in [7, 11) is 0. The Kier molecular flexibility index (Phi) is 5.28. The maximum atomic E-state index is 13.6. The zero-order chi connectivity index (χ0) is 17.5. The van der Waals surface area contributed by atoms with Crippen molar-refractivity contribution in [1.29, 1.82) is 0 Å². The molecule has 0 aromatic rings. The highest BCUT2D eigenvalue weighted by molar-refractivity contribution is 5.08. The van der Waals surface area contributed by atoms with E-state index in [1.807, 2.05) is 0 Å². The van der Waals surface area contributed by atoms with E-state index in [1.54, 1.807) is 0 Å². The molecular formula is C10H13F10N. The third kappa shape index (κ3) is 3.37. The highest BCUT2D eigenvalue weighted by Gasteiger charge is 2.84. The smallest absolute Gasteiger partial charge is 0.255 e. The van der Waals surface area contributed by atoms with E-state index in [1.165, 1.54) is 13.8 Å². The minimum absolute atomic E-state index is 0.622. The molecule has 1 atom stereocenters. The first-order chi connectivity index (χ1) is 8.92. The Hall–Kier alpha value is -0.740. The lowest BCUT2D eigenvalue weighted by Gasteiger charge is -2.40. The topological polar surface area (TPSA) is 12.0 Å². The molecule has 1 N–H and O–H groups in total. The van der Waals surface area contributed by atoms with Crippen molar-refractivity contribution >= 4 is 0 Å². The van der Waals surface area contributed by atoms with Gasteiger partial charge in [0.15, 0.2) is 0 Å². The predicted molar refractivity (Wildman–Crippen MR) is 53.2 cm³/mol. The normalized spacial score (nSPS) is 18.0. The first-order valence-electron chi connectivity index (χ1n) is 5.56. The predicted octanol–water partition coefficient (Wildman–Crippen LogP) is 4.39. The summed E-state index contributed by atoms with van der Waals surface area (Å²) in [5.74, 6) is -14.3. The molecule has 0 radical (unpaired) electrons. The van der Waals surface area contributed by atoms with Gasteiger partial charge in [-0.2, -0.15) is 39.5 Å². The Morgan fingerprint density at radius 3 is 1.43 bits per heavy atom. The fraction of sp³-hybridized carbons (Fsp3) is 1.00. The van der Waals surface area contributed by atoms with Crippen LogP contribution in [0.5, 0.6) is 0 Å². The van der Waals surface area contributed by atoms with Gasteiger partial charge in [-0.1, -0.05) is 13.8 Å². The van der Waals surface area contributed by atoms with Gasteiger partial charge in [0, 0.05) is 6.54 Å². The van der Waals surface area contributed by atoms with Gasteiger partial charge in [-0.3, -0.25) is 5.32 Å². The van der Waals surface area contributed by atoms with Gasteiger partial charge < -0.3 is 0 Å². The van der Waals surface area contributed by atoms with Crippen molar-refractivity contribution in [3.63, 3.8) is 0 Å². The molecule has 0 aliphatic rings. The molecule has 1 unspecified atom stereocenters. The molecule has 0 heterocycles. The Balaban J connectivity index is 5.66. The lowest BCUT2D eigenvalue weighted by Crippen LogP contribution is -2.70. The van der Waals surface area contributed by atoms with E-state index in [-0.39, 0.29) is 0 Å². The maximum absolute atomic E-state index is 13.6. The van der Waals surface area contributed by atoms with E-state index >= 15 is 0 Å². The molecule has 0 saturated heterocycles. The molecule has 0 aliphatic carbocycles. The summed E-state index contributed by atoms with van der Waals surface area (Å²) in [6.07, 6.45) is -6.89. The van der Waals surface area contributed by atoms with Gasteiger partial charge in [0.05, 0.1) is 0 Å². The van der Waals surface area contributed by atoms with Crippen molar-refractivity contribution in [3.05, 3.63) is 0 Å². The van der Waals surface area contributed by atoms with Crippen LogP contribution in [0, 0.1) is 5.92 Å². The number of alkyl halides is 10. The van der Waals surface area contributed by atoms with Crippen molar-refractivity contribution in [3.8, 4) is 0 Å². The Labute approximate surface area is 113 Å². The molecule has 0 fully saturated rings. The summed E-state index contributed by atoms with van der Waals surface area (Å²) < 4.78 is 127. The van der Waals surface area contributed by atoms with Crippen LogP contribution in [0.2, 0.25) is 0 Å². The van der Waals surface area contributed by atoms with Gasteiger partial charge in [0.1, 0.15) is 0 Å². The Bertz CT molecular complexity index is 357. The van der Waals surface area contributed by atoms with Crippen LogP contribution in [0.4, 0.5) is 43.9 Å². The minimum atomic E-state index is -6.97. The Morgan fingerprint density at radius 1 is 0.762 bits per heavy atom. The fourth-order valence-corrected chi connectivity index (χ4v) is 1.17. The molecule has 0 aromatic carbocycles. The lowest BCUT2D eigenvalue weighted by atomic mass is 9.91. The number of halogens is 10. The zero-order valence-corrected chi connectivity index (χ0v) is 11.1. The monoisotopic (exact) mass is 337 g/mol. The van der Waals surface area contributed by atoms with Gasteiger partial charge >= 0.3 is 24.1 Å². The molecule has 0 amide bonds. The standard InChI is InChI=1S/C10H13F10N/c1-5(2)4-21-10(19,20)6(3,11)7(12,13)8(14,15)9(16,17)18/h5,21H,4H2,1-3H3. The molecule has 11 heteroatoms. The van der Waals surface area contributed by atoms with E-state index in [9.17, 15) is 43.9 Å². The first-order valence-corrected chi connectivity index (χ1v) is 5.56. The van der Waals surface area contributed by atoms with E-state index in [0.29, 0.717) is 0 Å². The lowest BCUT2D eigenvalue weighted by molar-refractivity contribution is -0.398. The van der Waals surface area contributed by atoms with E-state index in [2.05, 4.69) is 0 Å². The minimum Gasteiger partial charge on any atom is -0.255 e. The van der Waals surface area contributed by atoms with Gasteiger partial charge in [0.25, 0.3) is 5.67 Å². The second-order valence-corrected chi connectivity index (χ2v) is 5.00. The number of rotatable bonds is 6. The van der Waals surface area contributed by atoms with Crippen LogP contribution < -0.4 is 5.32 Å². The van der Waals surface area contributed by atoms with Crippen LogP contribution in [0.1, 0.15) is 20.8 Å². The van der Waals surface area contributed by atoms with Gasteiger partial charge in [-0.25, -0.2) is 4.39 Å². The van der Waals surface area contributed by atoms with Gasteiger partial charge in [-0.05, 0) is 12.8 Å². The number of hydrogen-bond acceptors (Lipinski definition) is 1. The highest BCUT2D eigenvalue weighted by Crippen LogP contribution is 2.55. The largest absolute Gasteiger partial charge is 0.460 e. The van der Waals surface area contributed by atoms with Gasteiger partial charge in [0.2, 0.25) is 0 Å². The molecule has 0 spiro atoms. The van der Waals surface area contributed by atoms with Crippen LogP contribution in [0.3, 0.4) is 0 Å². The summed E-state index contributed by atoms with van der Waals surface area (Å²) in [6, 6.07) is -5.31. The van der Waals surface area contributed by atoms with Crippen molar-refractivity contribution in [2.75, 3.05) is 6.54 Å². The van der Waals surface area contributed by atoms with E-state index < -0.39 is 49.1 Å². The molecule has 128 valence electrons. The van der Waals surface area contributed by atoms with Crippen LogP contribution in [-0.2, 0) is 0 Å². The molecule has 1 nitrogen and oxygen atoms in total. The molecule has 0 rings (SSSR count). The van der Waals surface area contributed by atoms with Crippen molar-refractivity contribution in [2.45, 2.75) is 50.5 Å². The van der Waals surface area contributed by atoms with Crippen molar-refractivity contribution < 1.29 is 43.9 Å². The van der Waals surface area contributed by atoms with Crippen LogP contribution in [0.25, 0.3) is 0 Å². The average Bonchev–Trinajstić information content (AvgIpc) is 2.24. The fourth-order valence-electron chi connectivity index (χ4n) is 1.17. The SMILES string of the molecule is CC(C)CNC(F)(F)C(C)(F)C(F)(F)C(F)(F)C(F)(F)F. The number of hydrogen-bond donors (Lipinski definition) is 1. The third-order valence-corrected chi connectivity index (χ3v) is 2.66. The first kappa shape index (κ1) is 20.3. The summed E-state index contributed by atoms with van der Waals surface area (Å²) >= 11 is 0. The Morgan fingerprint density at radius 2 is 1.14 bits per heavy atom. The molecule has 0 aliphatic heterocycles. The maximum Gasteiger partial charge on any atom is 0.460 e. The molecular weight excluding hydrogens is 324 g/mol. The third-order valence-electron chi connectivity index (χ3n) is 2.66. The van der Waals surface area contributed by atoms with Crippen LogP contribution >= 0.6 is 0 Å². The summed E-state index contributed by atoms with van der Waals surface area (Å²) in [6.45, 7) is 1.13. The second-order valence-electron chi connectivity index (χ2n) is 5.00. The molecule has 0 aromatic heterocycles. The van der Waals surface area contributed by atoms with Crippen LogP contribution in [-0.4, -0.2) is 36.3 Å².